The number of sulfonamides is 1. The number of halogens is 1. The van der Waals surface area contributed by atoms with Gasteiger partial charge in [0.2, 0.25) is 11.7 Å². The number of likely N-dealkylation sites (N-methyl/N-ethyl adjacent to an activating group) is 1. The first-order valence-electron chi connectivity index (χ1n) is 11.4. The van der Waals surface area contributed by atoms with Crippen LogP contribution in [0.5, 0.6) is 17.4 Å². The highest BCUT2D eigenvalue weighted by molar-refractivity contribution is 7.92. The molecule has 0 amide bonds. The van der Waals surface area contributed by atoms with Crippen molar-refractivity contribution in [3.05, 3.63) is 71.1 Å². The highest BCUT2D eigenvalue weighted by Gasteiger charge is 2.24. The van der Waals surface area contributed by atoms with E-state index in [2.05, 4.69) is 14.7 Å². The van der Waals surface area contributed by atoms with E-state index in [9.17, 15) is 8.42 Å². The lowest BCUT2D eigenvalue weighted by atomic mass is 10.2. The predicted molar refractivity (Wildman–Crippen MR) is 141 cm³/mol. The lowest BCUT2D eigenvalue weighted by molar-refractivity contribution is 0.249. The maximum absolute atomic E-state index is 13.2. The Hall–Kier alpha value is -3.54. The molecule has 12 heteroatoms. The van der Waals surface area contributed by atoms with E-state index < -0.39 is 10.0 Å². The second-order valence-corrected chi connectivity index (χ2v) is 10.5. The largest absolute Gasteiger partial charge is 0.493 e. The van der Waals surface area contributed by atoms with Crippen LogP contribution in [-0.4, -0.2) is 62.0 Å². The first-order chi connectivity index (χ1) is 17.7. The van der Waals surface area contributed by atoms with Gasteiger partial charge < -0.3 is 19.1 Å². The van der Waals surface area contributed by atoms with Gasteiger partial charge in [-0.2, -0.15) is 0 Å². The van der Waals surface area contributed by atoms with Gasteiger partial charge in [-0.3, -0.25) is 14.1 Å². The summed E-state index contributed by atoms with van der Waals surface area (Å²) in [6.45, 7) is 3.00. The first kappa shape index (κ1) is 26.5. The molecule has 0 unspecified atom stereocenters. The number of imidazole rings is 1. The molecule has 196 valence electrons. The Morgan fingerprint density at radius 1 is 1.14 bits per heavy atom. The molecule has 37 heavy (non-hydrogen) atoms. The van der Waals surface area contributed by atoms with E-state index in [1.54, 1.807) is 49.0 Å². The van der Waals surface area contributed by atoms with Crippen molar-refractivity contribution in [1.29, 1.82) is 0 Å². The fourth-order valence-electron chi connectivity index (χ4n) is 3.56. The van der Waals surface area contributed by atoms with Gasteiger partial charge in [-0.05, 0) is 56.4 Å². The van der Waals surface area contributed by atoms with Gasteiger partial charge in [-0.15, -0.1) is 0 Å². The van der Waals surface area contributed by atoms with E-state index in [4.69, 9.17) is 25.8 Å². The van der Waals surface area contributed by atoms with E-state index in [1.807, 2.05) is 31.1 Å². The molecule has 0 fully saturated rings. The Morgan fingerprint density at radius 2 is 1.95 bits per heavy atom. The molecular formula is C25H28ClN5O5S. The van der Waals surface area contributed by atoms with Crippen LogP contribution in [0, 0.1) is 6.92 Å². The fourth-order valence-corrected chi connectivity index (χ4v) is 5.06. The molecular weight excluding hydrogens is 518 g/mol. The van der Waals surface area contributed by atoms with E-state index in [-0.39, 0.29) is 23.2 Å². The summed E-state index contributed by atoms with van der Waals surface area (Å²) >= 11 is 6.15. The summed E-state index contributed by atoms with van der Waals surface area (Å²) in [4.78, 5) is 10.5. The van der Waals surface area contributed by atoms with Crippen molar-refractivity contribution < 1.29 is 22.6 Å². The second kappa shape index (κ2) is 11.2. The summed E-state index contributed by atoms with van der Waals surface area (Å²) < 4.78 is 48.0. The molecule has 4 rings (SSSR count). The number of nitrogens with one attached hydrogen (secondary N) is 1. The van der Waals surface area contributed by atoms with Gasteiger partial charge in [0, 0.05) is 24.0 Å². The minimum Gasteiger partial charge on any atom is -0.493 e. The van der Waals surface area contributed by atoms with Crippen molar-refractivity contribution in [1.82, 2.24) is 19.3 Å². The van der Waals surface area contributed by atoms with E-state index >= 15 is 0 Å². The first-order valence-corrected chi connectivity index (χ1v) is 13.2. The zero-order chi connectivity index (χ0) is 26.6. The Balaban J connectivity index is 1.62. The van der Waals surface area contributed by atoms with E-state index in [1.165, 1.54) is 12.3 Å². The van der Waals surface area contributed by atoms with Gasteiger partial charge in [0.05, 0.1) is 18.2 Å². The molecule has 0 spiro atoms. The van der Waals surface area contributed by atoms with Gasteiger partial charge in [0.1, 0.15) is 13.2 Å². The van der Waals surface area contributed by atoms with Gasteiger partial charge in [-0.1, -0.05) is 23.7 Å². The molecule has 2 aromatic heterocycles. The molecule has 10 nitrogen and oxygen atoms in total. The summed E-state index contributed by atoms with van der Waals surface area (Å²) in [7, 11) is 1.51. The van der Waals surface area contributed by atoms with Crippen LogP contribution < -0.4 is 18.9 Å². The fraction of sp³-hybridized carbons (Fsp3) is 0.280. The molecule has 1 N–H and O–H groups in total. The van der Waals surface area contributed by atoms with Gasteiger partial charge in [-0.25, -0.2) is 13.4 Å². The molecule has 2 heterocycles. The number of hydrogen-bond acceptors (Lipinski definition) is 8. The van der Waals surface area contributed by atoms with Crippen molar-refractivity contribution >= 4 is 33.1 Å². The topological polar surface area (TPSA) is 107 Å². The zero-order valence-electron chi connectivity index (χ0n) is 20.9. The number of fused-ring (bicyclic) bond motifs is 1. The standard InChI is InChI=1S/C25H28ClN5O5S/c1-17-19(26)6-5-7-22(17)37(32,33)29-24-25(31-11-10-27-15-23(31)28-24)36-16-18-8-9-20(34-4)21(14-18)35-13-12-30(2)3/h5-11,14-15,29H,12-13,16H2,1-4H3. The third-order valence-corrected chi connectivity index (χ3v) is 7.42. The molecule has 0 saturated carbocycles. The molecule has 0 saturated heterocycles. The van der Waals surface area contributed by atoms with Crippen molar-refractivity contribution in [2.75, 3.05) is 39.1 Å². The Bertz CT molecular complexity index is 1510. The lowest BCUT2D eigenvalue weighted by Gasteiger charge is -2.15. The third kappa shape index (κ3) is 6.07. The summed E-state index contributed by atoms with van der Waals surface area (Å²) in [5, 5.41) is 0.349. The van der Waals surface area contributed by atoms with Crippen molar-refractivity contribution in [2.45, 2.75) is 18.4 Å². The third-order valence-electron chi connectivity index (χ3n) is 5.52. The van der Waals surface area contributed by atoms with Crippen LogP contribution in [0.2, 0.25) is 5.02 Å². The van der Waals surface area contributed by atoms with Gasteiger partial charge >= 0.3 is 0 Å². The lowest BCUT2D eigenvalue weighted by Crippen LogP contribution is -2.19. The number of nitrogens with zero attached hydrogens (tertiary/aromatic N) is 4. The molecule has 0 atom stereocenters. The molecule has 0 radical (unpaired) electrons. The van der Waals surface area contributed by atoms with Crippen LogP contribution in [0.3, 0.4) is 0 Å². The smallest absolute Gasteiger partial charge is 0.263 e. The Kier molecular flexibility index (Phi) is 8.06. The van der Waals surface area contributed by atoms with Gasteiger partial charge in [0.25, 0.3) is 10.0 Å². The second-order valence-electron chi connectivity index (χ2n) is 8.46. The average molecular weight is 546 g/mol. The summed E-state index contributed by atoms with van der Waals surface area (Å²) in [5.74, 6) is 1.44. The molecule has 0 aliphatic heterocycles. The van der Waals surface area contributed by atoms with E-state index in [0.29, 0.717) is 34.3 Å². The predicted octanol–water partition coefficient (Wildman–Crippen LogP) is 4.02. The number of rotatable bonds is 11. The van der Waals surface area contributed by atoms with Crippen LogP contribution in [0.1, 0.15) is 11.1 Å². The molecule has 4 aromatic rings. The maximum atomic E-state index is 13.2. The van der Waals surface area contributed by atoms with Gasteiger partial charge in [0.15, 0.2) is 17.1 Å². The Labute approximate surface area is 220 Å². The monoisotopic (exact) mass is 545 g/mol. The van der Waals surface area contributed by atoms with Crippen LogP contribution in [0.4, 0.5) is 5.82 Å². The molecule has 0 aliphatic carbocycles. The van der Waals surface area contributed by atoms with Crippen molar-refractivity contribution in [3.63, 3.8) is 0 Å². The number of ether oxygens (including phenoxy) is 3. The Morgan fingerprint density at radius 3 is 2.70 bits per heavy atom. The maximum Gasteiger partial charge on any atom is 0.263 e. The molecule has 0 aliphatic rings. The van der Waals surface area contributed by atoms with E-state index in [0.717, 1.165) is 12.1 Å². The normalized spacial score (nSPS) is 11.6. The average Bonchev–Trinajstić information content (AvgIpc) is 3.20. The zero-order valence-corrected chi connectivity index (χ0v) is 22.5. The minimum atomic E-state index is -4.00. The van der Waals surface area contributed by atoms with Crippen molar-refractivity contribution in [3.8, 4) is 17.4 Å². The quantitative estimate of drug-likeness (QED) is 0.301. The summed E-state index contributed by atoms with van der Waals surface area (Å²) in [5.41, 5.74) is 1.65. The SMILES string of the molecule is COc1ccc(COc2c(NS(=O)(=O)c3cccc(Cl)c3C)nc3cnccn23)cc1OCCN(C)C. The van der Waals surface area contributed by atoms with Crippen LogP contribution >= 0.6 is 11.6 Å². The highest BCUT2D eigenvalue weighted by Crippen LogP contribution is 2.32. The molecule has 0 bridgehead atoms. The summed E-state index contributed by atoms with van der Waals surface area (Å²) in [6, 6.07) is 10.2. The number of methoxy groups -OCH3 is 1. The van der Waals surface area contributed by atoms with Crippen LogP contribution in [0.15, 0.2) is 59.9 Å². The van der Waals surface area contributed by atoms with Crippen LogP contribution in [0.25, 0.3) is 5.65 Å². The minimum absolute atomic E-state index is 0.0309. The number of anilines is 1. The summed E-state index contributed by atoms with van der Waals surface area (Å²) in [6.07, 6.45) is 4.72. The number of benzene rings is 2. The van der Waals surface area contributed by atoms with Crippen LogP contribution in [-0.2, 0) is 16.6 Å². The number of hydrogen-bond donors (Lipinski definition) is 1. The highest BCUT2D eigenvalue weighted by atomic mass is 35.5. The van der Waals surface area contributed by atoms with Crippen molar-refractivity contribution in [2.24, 2.45) is 0 Å². The molecule has 2 aromatic carbocycles. The number of aromatic nitrogens is 3.